The number of hydrogen-bond acceptors (Lipinski definition) is 1. The molecule has 0 heterocycles. The van der Waals surface area contributed by atoms with Crippen LogP contribution in [0.25, 0.3) is 0 Å². The fourth-order valence-electron chi connectivity index (χ4n) is 1.96. The zero-order chi connectivity index (χ0) is 14.0. The predicted molar refractivity (Wildman–Crippen MR) is 83.3 cm³/mol. The number of aryl methyl sites for hydroxylation is 1. The highest BCUT2D eigenvalue weighted by molar-refractivity contribution is 6.42. The predicted octanol–water partition coefficient (Wildman–Crippen LogP) is 5.20. The Labute approximate surface area is 128 Å². The Morgan fingerprint density at radius 1 is 1.05 bits per heavy atom. The van der Waals surface area contributed by atoms with Gasteiger partial charge in [-0.3, -0.25) is 0 Å². The van der Waals surface area contributed by atoms with Gasteiger partial charge in [0, 0.05) is 11.1 Å². The summed E-state index contributed by atoms with van der Waals surface area (Å²) in [6.45, 7) is 1.96. The molecular formula is C15H14Cl3N. The van der Waals surface area contributed by atoms with E-state index in [0.29, 0.717) is 16.5 Å². The molecule has 0 amide bonds. The van der Waals surface area contributed by atoms with Crippen LogP contribution in [-0.2, 0) is 6.42 Å². The van der Waals surface area contributed by atoms with Crippen molar-refractivity contribution in [1.29, 1.82) is 0 Å². The minimum atomic E-state index is -0.132. The van der Waals surface area contributed by atoms with E-state index in [1.54, 1.807) is 6.07 Å². The minimum absolute atomic E-state index is 0.132. The first-order chi connectivity index (χ1) is 8.99. The highest BCUT2D eigenvalue weighted by Crippen LogP contribution is 2.29. The lowest BCUT2D eigenvalue weighted by atomic mass is 9.98. The second-order valence-electron chi connectivity index (χ2n) is 4.53. The Balaban J connectivity index is 2.23. The van der Waals surface area contributed by atoms with Crippen molar-refractivity contribution in [3.05, 3.63) is 68.2 Å². The largest absolute Gasteiger partial charge is 0.324 e. The Morgan fingerprint density at radius 2 is 1.79 bits per heavy atom. The van der Waals surface area contributed by atoms with Gasteiger partial charge in [0.25, 0.3) is 0 Å². The van der Waals surface area contributed by atoms with E-state index >= 15 is 0 Å². The van der Waals surface area contributed by atoms with E-state index in [4.69, 9.17) is 40.5 Å². The van der Waals surface area contributed by atoms with E-state index in [0.717, 1.165) is 21.7 Å². The molecule has 2 N–H and O–H groups in total. The van der Waals surface area contributed by atoms with Crippen LogP contribution in [0, 0.1) is 6.92 Å². The molecular weight excluding hydrogens is 301 g/mol. The quantitative estimate of drug-likeness (QED) is 0.828. The summed E-state index contributed by atoms with van der Waals surface area (Å²) in [5, 5.41) is 1.88. The molecule has 0 radical (unpaired) electrons. The molecule has 1 unspecified atom stereocenters. The van der Waals surface area contributed by atoms with E-state index < -0.39 is 0 Å². The van der Waals surface area contributed by atoms with Gasteiger partial charge in [0.05, 0.1) is 10.0 Å². The summed E-state index contributed by atoms with van der Waals surface area (Å²) in [4.78, 5) is 0. The fraction of sp³-hybridized carbons (Fsp3) is 0.200. The molecule has 2 rings (SSSR count). The monoisotopic (exact) mass is 313 g/mol. The van der Waals surface area contributed by atoms with Gasteiger partial charge in [-0.25, -0.2) is 0 Å². The normalized spacial score (nSPS) is 12.5. The topological polar surface area (TPSA) is 26.0 Å². The van der Waals surface area contributed by atoms with Crippen LogP contribution in [0.15, 0.2) is 36.4 Å². The van der Waals surface area contributed by atoms with Crippen LogP contribution in [-0.4, -0.2) is 0 Å². The maximum Gasteiger partial charge on any atom is 0.0624 e. The van der Waals surface area contributed by atoms with Gasteiger partial charge in [-0.1, -0.05) is 59.1 Å². The molecule has 0 bridgehead atoms. The smallest absolute Gasteiger partial charge is 0.0624 e. The average Bonchev–Trinajstić information content (AvgIpc) is 2.38. The molecule has 0 aliphatic carbocycles. The van der Waals surface area contributed by atoms with Crippen LogP contribution in [0.1, 0.15) is 22.7 Å². The van der Waals surface area contributed by atoms with Crippen molar-refractivity contribution in [2.24, 2.45) is 5.73 Å². The summed E-state index contributed by atoms with van der Waals surface area (Å²) in [7, 11) is 0. The average molecular weight is 315 g/mol. The molecule has 0 aliphatic heterocycles. The summed E-state index contributed by atoms with van der Waals surface area (Å²) >= 11 is 18.2. The van der Waals surface area contributed by atoms with Crippen LogP contribution in [0.4, 0.5) is 0 Å². The van der Waals surface area contributed by atoms with Crippen molar-refractivity contribution in [2.45, 2.75) is 19.4 Å². The Morgan fingerprint density at radius 3 is 2.47 bits per heavy atom. The van der Waals surface area contributed by atoms with Crippen molar-refractivity contribution >= 4 is 34.8 Å². The van der Waals surface area contributed by atoms with Crippen LogP contribution in [0.3, 0.4) is 0 Å². The van der Waals surface area contributed by atoms with Gasteiger partial charge in [0.1, 0.15) is 0 Å². The fourth-order valence-corrected chi connectivity index (χ4v) is 2.47. The van der Waals surface area contributed by atoms with Gasteiger partial charge < -0.3 is 5.73 Å². The zero-order valence-corrected chi connectivity index (χ0v) is 12.7. The number of halogens is 3. The summed E-state index contributed by atoms with van der Waals surface area (Å²) in [5.41, 5.74) is 9.23. The molecule has 0 fully saturated rings. The molecule has 1 nitrogen and oxygen atoms in total. The van der Waals surface area contributed by atoms with Gasteiger partial charge in [-0.15, -0.1) is 0 Å². The maximum absolute atomic E-state index is 6.22. The van der Waals surface area contributed by atoms with Crippen LogP contribution in [0.5, 0.6) is 0 Å². The van der Waals surface area contributed by atoms with E-state index in [2.05, 4.69) is 0 Å². The third kappa shape index (κ3) is 3.43. The molecule has 2 aromatic carbocycles. The number of rotatable bonds is 3. The second kappa shape index (κ2) is 6.15. The minimum Gasteiger partial charge on any atom is -0.324 e. The van der Waals surface area contributed by atoms with Crippen molar-refractivity contribution in [3.63, 3.8) is 0 Å². The number of benzene rings is 2. The van der Waals surface area contributed by atoms with E-state index in [9.17, 15) is 0 Å². The van der Waals surface area contributed by atoms with Crippen LogP contribution >= 0.6 is 34.8 Å². The Bertz CT molecular complexity index is 596. The number of hydrogen-bond donors (Lipinski definition) is 1. The Hall–Kier alpha value is -0.730. The standard InChI is InChI=1S/C15H14Cl3N/c1-9-7-10(5-6-12(9)16)14(19)8-11-3-2-4-13(17)15(11)18/h2-7,14H,8,19H2,1H3. The highest BCUT2D eigenvalue weighted by Gasteiger charge is 2.12. The third-order valence-electron chi connectivity index (χ3n) is 3.08. The molecule has 0 saturated carbocycles. The van der Waals surface area contributed by atoms with Gasteiger partial charge in [-0.2, -0.15) is 0 Å². The third-order valence-corrected chi connectivity index (χ3v) is 4.36. The van der Waals surface area contributed by atoms with E-state index in [-0.39, 0.29) is 6.04 Å². The van der Waals surface area contributed by atoms with Crippen molar-refractivity contribution in [1.82, 2.24) is 0 Å². The van der Waals surface area contributed by atoms with Crippen LogP contribution in [0.2, 0.25) is 15.1 Å². The molecule has 0 saturated heterocycles. The van der Waals surface area contributed by atoms with E-state index in [1.807, 2.05) is 37.3 Å². The van der Waals surface area contributed by atoms with Gasteiger partial charge >= 0.3 is 0 Å². The van der Waals surface area contributed by atoms with Crippen molar-refractivity contribution in [3.8, 4) is 0 Å². The zero-order valence-electron chi connectivity index (χ0n) is 10.5. The van der Waals surface area contributed by atoms with E-state index in [1.165, 1.54) is 0 Å². The van der Waals surface area contributed by atoms with Crippen LogP contribution < -0.4 is 5.73 Å². The van der Waals surface area contributed by atoms with Gasteiger partial charge in [0.15, 0.2) is 0 Å². The molecule has 2 aromatic rings. The van der Waals surface area contributed by atoms with Gasteiger partial charge in [0.2, 0.25) is 0 Å². The SMILES string of the molecule is Cc1cc(C(N)Cc2cccc(Cl)c2Cl)ccc1Cl. The number of nitrogens with two attached hydrogens (primary N) is 1. The lowest BCUT2D eigenvalue weighted by Gasteiger charge is -2.15. The van der Waals surface area contributed by atoms with Gasteiger partial charge in [-0.05, 0) is 42.2 Å². The summed E-state index contributed by atoms with van der Waals surface area (Å²) in [6.07, 6.45) is 0.639. The Kier molecular flexibility index (Phi) is 4.75. The second-order valence-corrected chi connectivity index (χ2v) is 5.72. The first-order valence-electron chi connectivity index (χ1n) is 5.93. The molecule has 100 valence electrons. The summed E-state index contributed by atoms with van der Waals surface area (Å²) in [6, 6.07) is 11.3. The maximum atomic E-state index is 6.22. The lowest BCUT2D eigenvalue weighted by molar-refractivity contribution is 0.721. The molecule has 19 heavy (non-hydrogen) atoms. The first kappa shape index (κ1) is 14.7. The van der Waals surface area contributed by atoms with Crippen molar-refractivity contribution in [2.75, 3.05) is 0 Å². The molecule has 0 aliphatic rings. The molecule has 0 spiro atoms. The molecule has 4 heteroatoms. The van der Waals surface area contributed by atoms with Crippen molar-refractivity contribution < 1.29 is 0 Å². The molecule has 0 aromatic heterocycles. The molecule has 1 atom stereocenters. The highest BCUT2D eigenvalue weighted by atomic mass is 35.5. The summed E-state index contributed by atoms with van der Waals surface area (Å²) < 4.78 is 0. The summed E-state index contributed by atoms with van der Waals surface area (Å²) in [5.74, 6) is 0. The first-order valence-corrected chi connectivity index (χ1v) is 7.07. The lowest BCUT2D eigenvalue weighted by Crippen LogP contribution is -2.13.